The van der Waals surface area contributed by atoms with E-state index < -0.39 is 8.80 Å². The Morgan fingerprint density at radius 1 is 0.667 bits per heavy atom. The van der Waals surface area contributed by atoms with E-state index in [1.54, 1.807) is 11.1 Å². The smallest absolute Gasteiger partial charge is 0.0556 e. The van der Waals surface area contributed by atoms with Crippen molar-refractivity contribution in [1.29, 1.82) is 0 Å². The van der Waals surface area contributed by atoms with Gasteiger partial charge in [0.15, 0.2) is 0 Å². The second-order valence-electron chi connectivity index (χ2n) is 9.61. The van der Waals surface area contributed by atoms with Gasteiger partial charge >= 0.3 is 0 Å². The molecular weight excluding hydrogens is 304 g/mol. The van der Waals surface area contributed by atoms with Crippen LogP contribution in [-0.4, -0.2) is 8.80 Å². The van der Waals surface area contributed by atoms with Gasteiger partial charge in [-0.15, -0.1) is 0 Å². The summed E-state index contributed by atoms with van der Waals surface area (Å²) < 4.78 is 0. The third-order valence-electron chi connectivity index (χ3n) is 5.32. The molecule has 1 aliphatic carbocycles. The highest BCUT2D eigenvalue weighted by Gasteiger charge is 2.33. The van der Waals surface area contributed by atoms with E-state index >= 15 is 0 Å². The van der Waals surface area contributed by atoms with E-state index in [0.717, 1.165) is 0 Å². The standard InChI is InChI=1S/C23H31Si/c1-22(2,3)15-9-11-17-18-12-10-16(23(4,5)6)14-20(18)21(24(7)8)19(17)13-15/h9-14,21H,1-8H3. The van der Waals surface area contributed by atoms with E-state index in [4.69, 9.17) is 0 Å². The number of hydrogen-bond acceptors (Lipinski definition) is 0. The van der Waals surface area contributed by atoms with Gasteiger partial charge in [0.1, 0.15) is 0 Å². The van der Waals surface area contributed by atoms with Crippen LogP contribution in [0.15, 0.2) is 36.4 Å². The number of benzene rings is 2. The minimum atomic E-state index is -0.459. The monoisotopic (exact) mass is 335 g/mol. The van der Waals surface area contributed by atoms with Gasteiger partial charge in [0, 0.05) is 5.54 Å². The fraction of sp³-hybridized carbons (Fsp3) is 0.478. The molecule has 0 saturated carbocycles. The zero-order valence-corrected chi connectivity index (χ0v) is 17.5. The van der Waals surface area contributed by atoms with Gasteiger partial charge in [0.2, 0.25) is 0 Å². The number of fused-ring (bicyclic) bond motifs is 3. The molecule has 0 heterocycles. The van der Waals surface area contributed by atoms with Crippen LogP contribution >= 0.6 is 0 Å². The second-order valence-corrected chi connectivity index (χ2v) is 12.3. The maximum absolute atomic E-state index is 2.49. The lowest BCUT2D eigenvalue weighted by Crippen LogP contribution is -2.18. The molecule has 127 valence electrons. The van der Waals surface area contributed by atoms with Crippen LogP contribution in [0.3, 0.4) is 0 Å². The highest BCUT2D eigenvalue weighted by atomic mass is 28.3. The Labute approximate surface area is 149 Å². The van der Waals surface area contributed by atoms with E-state index in [1.807, 2.05) is 0 Å². The third-order valence-corrected chi connectivity index (χ3v) is 7.10. The van der Waals surface area contributed by atoms with Gasteiger partial charge in [-0.05, 0) is 44.2 Å². The summed E-state index contributed by atoms with van der Waals surface area (Å²) in [6.45, 7) is 18.8. The lowest BCUT2D eigenvalue weighted by atomic mass is 9.85. The third kappa shape index (κ3) is 2.88. The van der Waals surface area contributed by atoms with E-state index in [1.165, 1.54) is 22.3 Å². The predicted molar refractivity (Wildman–Crippen MR) is 109 cm³/mol. The zero-order chi connectivity index (χ0) is 17.9. The summed E-state index contributed by atoms with van der Waals surface area (Å²) in [5.74, 6) is 0. The van der Waals surface area contributed by atoms with Crippen LogP contribution in [0.5, 0.6) is 0 Å². The summed E-state index contributed by atoms with van der Waals surface area (Å²) in [7, 11) is -0.459. The maximum Gasteiger partial charge on any atom is 0.0556 e. The van der Waals surface area contributed by atoms with Crippen molar-refractivity contribution in [2.24, 2.45) is 0 Å². The van der Waals surface area contributed by atoms with Crippen molar-refractivity contribution < 1.29 is 0 Å². The first-order chi connectivity index (χ1) is 11.0. The molecule has 0 bridgehead atoms. The largest absolute Gasteiger partial charge is 0.0705 e. The van der Waals surface area contributed by atoms with Crippen LogP contribution in [0.1, 0.15) is 69.3 Å². The Hall–Kier alpha value is -1.34. The Balaban J connectivity index is 2.21. The maximum atomic E-state index is 2.49. The lowest BCUT2D eigenvalue weighted by Gasteiger charge is -2.24. The van der Waals surface area contributed by atoms with Crippen LogP contribution in [0.4, 0.5) is 0 Å². The summed E-state index contributed by atoms with van der Waals surface area (Å²) in [5.41, 5.74) is 10.0. The van der Waals surface area contributed by atoms with Crippen LogP contribution in [0.25, 0.3) is 11.1 Å². The molecule has 0 nitrogen and oxygen atoms in total. The topological polar surface area (TPSA) is 0 Å². The molecule has 3 rings (SSSR count). The van der Waals surface area contributed by atoms with Crippen LogP contribution in [0, 0.1) is 0 Å². The quantitative estimate of drug-likeness (QED) is 0.509. The van der Waals surface area contributed by atoms with Gasteiger partial charge < -0.3 is 0 Å². The first kappa shape index (κ1) is 17.5. The van der Waals surface area contributed by atoms with E-state index in [0.29, 0.717) is 5.54 Å². The molecule has 0 amide bonds. The SMILES string of the molecule is C[Si](C)C1c2cc(C(C)(C)C)ccc2-c2ccc(C(C)(C)C)cc21. The van der Waals surface area contributed by atoms with Crippen molar-refractivity contribution in [3.05, 3.63) is 58.7 Å². The Kier molecular flexibility index (Phi) is 4.07. The van der Waals surface area contributed by atoms with Crippen molar-refractivity contribution >= 4 is 8.80 Å². The highest BCUT2D eigenvalue weighted by Crippen LogP contribution is 2.48. The summed E-state index contributed by atoms with van der Waals surface area (Å²) in [6, 6.07) is 14.4. The number of hydrogen-bond donors (Lipinski definition) is 0. The predicted octanol–water partition coefficient (Wildman–Crippen LogP) is 6.69. The van der Waals surface area contributed by atoms with E-state index in [2.05, 4.69) is 91.0 Å². The van der Waals surface area contributed by atoms with Crippen LogP contribution in [-0.2, 0) is 10.8 Å². The Morgan fingerprint density at radius 3 is 1.33 bits per heavy atom. The van der Waals surface area contributed by atoms with Gasteiger partial charge in [-0.3, -0.25) is 0 Å². The van der Waals surface area contributed by atoms with Gasteiger partial charge in [0.05, 0.1) is 8.80 Å². The second kappa shape index (κ2) is 5.59. The summed E-state index contributed by atoms with van der Waals surface area (Å²) >= 11 is 0. The Morgan fingerprint density at radius 2 is 1.04 bits per heavy atom. The van der Waals surface area contributed by atoms with Crippen molar-refractivity contribution in [3.63, 3.8) is 0 Å². The summed E-state index contributed by atoms with van der Waals surface area (Å²) in [5, 5.41) is 0. The molecule has 1 aliphatic rings. The van der Waals surface area contributed by atoms with Gasteiger partial charge in [-0.1, -0.05) is 91.0 Å². The van der Waals surface area contributed by atoms with Crippen molar-refractivity contribution in [3.8, 4) is 11.1 Å². The van der Waals surface area contributed by atoms with Crippen LogP contribution in [0.2, 0.25) is 13.1 Å². The van der Waals surface area contributed by atoms with E-state index in [9.17, 15) is 0 Å². The summed E-state index contributed by atoms with van der Waals surface area (Å²) in [4.78, 5) is 0. The molecule has 0 aliphatic heterocycles. The van der Waals surface area contributed by atoms with E-state index in [-0.39, 0.29) is 10.8 Å². The molecule has 0 unspecified atom stereocenters. The lowest BCUT2D eigenvalue weighted by molar-refractivity contribution is 0.589. The molecule has 0 N–H and O–H groups in total. The first-order valence-corrected chi connectivity index (χ1v) is 11.7. The zero-order valence-electron chi connectivity index (χ0n) is 16.5. The summed E-state index contributed by atoms with van der Waals surface area (Å²) in [6.07, 6.45) is 0. The highest BCUT2D eigenvalue weighted by molar-refractivity contribution is 6.59. The Bertz CT molecular complexity index is 706. The minimum absolute atomic E-state index is 0.208. The molecule has 0 atom stereocenters. The molecule has 1 heteroatoms. The molecule has 1 radical (unpaired) electrons. The van der Waals surface area contributed by atoms with Gasteiger partial charge in [-0.2, -0.15) is 0 Å². The van der Waals surface area contributed by atoms with Crippen molar-refractivity contribution in [2.45, 2.75) is 71.0 Å². The minimum Gasteiger partial charge on any atom is -0.0705 e. The molecule has 0 spiro atoms. The molecule has 24 heavy (non-hydrogen) atoms. The molecule has 2 aromatic rings. The molecule has 0 saturated heterocycles. The van der Waals surface area contributed by atoms with Gasteiger partial charge in [0.25, 0.3) is 0 Å². The fourth-order valence-electron chi connectivity index (χ4n) is 3.82. The number of rotatable bonds is 1. The van der Waals surface area contributed by atoms with Crippen molar-refractivity contribution in [2.75, 3.05) is 0 Å². The van der Waals surface area contributed by atoms with Crippen molar-refractivity contribution in [1.82, 2.24) is 0 Å². The normalized spacial score (nSPS) is 14.9. The molecule has 2 aromatic carbocycles. The average molecular weight is 336 g/mol. The molecule has 0 fully saturated rings. The van der Waals surface area contributed by atoms with Crippen LogP contribution < -0.4 is 0 Å². The van der Waals surface area contributed by atoms with Gasteiger partial charge in [-0.25, -0.2) is 0 Å². The first-order valence-electron chi connectivity index (χ1n) is 9.09. The molecular formula is C23H31Si. The fourth-order valence-corrected chi connectivity index (χ4v) is 5.54. The average Bonchev–Trinajstić information content (AvgIpc) is 2.78. The molecule has 0 aromatic heterocycles.